The standard InChI is InChI=1S/C27H21B3F2N4O3/c1-26(2,38)21-9-7-14(12-33-21)13-6-8-16-17(10-13)35-18-11-19(23(35)34-16)36(27(28,29)30)24(37)15-4-3-5-20(22(15)18)39-25(31)32/h3-10,12,18-19,25,38H,11H2,1-2H3/t18-,19-/m1/s1. The maximum atomic E-state index is 13.7. The number of carbonyl (C=O) groups excluding carboxylic acids is 1. The summed E-state index contributed by atoms with van der Waals surface area (Å²) >= 11 is 0. The molecule has 0 spiro atoms. The molecular formula is C27H21B3F2N4O3. The zero-order valence-corrected chi connectivity index (χ0v) is 21.2. The van der Waals surface area contributed by atoms with Crippen molar-refractivity contribution in [2.24, 2.45) is 0 Å². The topological polar surface area (TPSA) is 80.5 Å². The van der Waals surface area contributed by atoms with E-state index in [-0.39, 0.29) is 17.7 Å². The minimum Gasteiger partial charge on any atom is -0.434 e. The molecule has 4 aromatic rings. The van der Waals surface area contributed by atoms with Crippen LogP contribution in [-0.4, -0.2) is 65.8 Å². The minimum absolute atomic E-state index is 0.115. The second kappa shape index (κ2) is 8.68. The highest BCUT2D eigenvalue weighted by atomic mass is 19.3. The van der Waals surface area contributed by atoms with Crippen molar-refractivity contribution in [3.05, 3.63) is 77.4 Å². The van der Waals surface area contributed by atoms with Gasteiger partial charge in [0.05, 0.1) is 52.3 Å². The molecule has 6 radical (unpaired) electrons. The molecule has 12 heteroatoms. The van der Waals surface area contributed by atoms with Gasteiger partial charge in [-0.2, -0.15) is 8.78 Å². The van der Waals surface area contributed by atoms with E-state index in [0.717, 1.165) is 16.0 Å². The molecule has 1 amide bonds. The number of fused-ring (bicyclic) bond motifs is 9. The van der Waals surface area contributed by atoms with E-state index < -0.39 is 35.4 Å². The molecule has 6 rings (SSSR count). The van der Waals surface area contributed by atoms with E-state index in [1.54, 1.807) is 26.1 Å². The number of rotatable bonds is 5. The molecule has 190 valence electrons. The molecule has 2 aliphatic rings. The van der Waals surface area contributed by atoms with Gasteiger partial charge in [0.2, 0.25) is 0 Å². The van der Waals surface area contributed by atoms with Crippen LogP contribution >= 0.6 is 0 Å². The van der Waals surface area contributed by atoms with Crippen LogP contribution in [0.15, 0.2) is 54.7 Å². The summed E-state index contributed by atoms with van der Waals surface area (Å²) in [5, 5.41) is 8.21. The van der Waals surface area contributed by atoms with Crippen LogP contribution in [0.1, 0.15) is 59.8 Å². The smallest absolute Gasteiger partial charge is 0.387 e. The van der Waals surface area contributed by atoms with Gasteiger partial charge in [-0.25, -0.2) is 4.98 Å². The first-order valence-electron chi connectivity index (χ1n) is 12.3. The predicted molar refractivity (Wildman–Crippen MR) is 143 cm³/mol. The Hall–Kier alpha value is -3.66. The van der Waals surface area contributed by atoms with Crippen LogP contribution in [0, 0.1) is 0 Å². The highest BCUT2D eigenvalue weighted by Gasteiger charge is 2.48. The lowest BCUT2D eigenvalue weighted by molar-refractivity contribution is -0.0507. The van der Waals surface area contributed by atoms with Gasteiger partial charge < -0.3 is 19.3 Å². The third-order valence-electron chi connectivity index (χ3n) is 7.29. The van der Waals surface area contributed by atoms with E-state index in [2.05, 4.69) is 4.98 Å². The van der Waals surface area contributed by atoms with Crippen LogP contribution in [0.3, 0.4) is 0 Å². The van der Waals surface area contributed by atoms with Gasteiger partial charge in [0.1, 0.15) is 17.2 Å². The van der Waals surface area contributed by atoms with Crippen molar-refractivity contribution in [2.75, 3.05) is 0 Å². The second-order valence-corrected chi connectivity index (χ2v) is 10.5. The monoisotopic (exact) mass is 520 g/mol. The zero-order valence-electron chi connectivity index (χ0n) is 21.2. The summed E-state index contributed by atoms with van der Waals surface area (Å²) in [5.74, 6) is -0.226. The fraction of sp³-hybridized carbons (Fsp3) is 0.296. The largest absolute Gasteiger partial charge is 0.434 e. The number of hydrogen-bond donors (Lipinski definition) is 1. The molecule has 0 unspecified atom stereocenters. The first-order valence-corrected chi connectivity index (χ1v) is 12.3. The zero-order chi connectivity index (χ0) is 27.9. The number of imidazole rings is 1. The van der Waals surface area contributed by atoms with E-state index in [4.69, 9.17) is 33.3 Å². The number of alkyl halides is 2. The summed E-state index contributed by atoms with van der Waals surface area (Å²) in [5.41, 5.74) is 2.85. The summed E-state index contributed by atoms with van der Waals surface area (Å²) in [7, 11) is 18.2. The van der Waals surface area contributed by atoms with E-state index in [1.807, 2.05) is 28.8 Å². The third-order valence-corrected chi connectivity index (χ3v) is 7.29. The minimum atomic E-state index is -3.09. The Bertz CT molecular complexity index is 1610. The van der Waals surface area contributed by atoms with E-state index in [0.29, 0.717) is 28.1 Å². The molecule has 7 nitrogen and oxygen atoms in total. The highest BCUT2D eigenvalue weighted by molar-refractivity contribution is 6.60. The molecule has 0 fully saturated rings. The number of halogens is 2. The lowest BCUT2D eigenvalue weighted by atomic mass is 9.48. The van der Waals surface area contributed by atoms with Gasteiger partial charge in [0.25, 0.3) is 5.91 Å². The lowest BCUT2D eigenvalue weighted by Crippen LogP contribution is -2.54. The van der Waals surface area contributed by atoms with Gasteiger partial charge in [-0.1, -0.05) is 23.4 Å². The van der Waals surface area contributed by atoms with Gasteiger partial charge in [-0.15, -0.1) is 0 Å². The van der Waals surface area contributed by atoms with Gasteiger partial charge in [0.15, 0.2) is 0 Å². The number of nitrogens with zero attached hydrogens (tertiary/aromatic N) is 4. The maximum Gasteiger partial charge on any atom is 0.387 e. The number of ether oxygens (including phenoxy) is 1. The summed E-state index contributed by atoms with van der Waals surface area (Å²) < 4.78 is 33.6. The first kappa shape index (κ1) is 25.6. The molecule has 0 saturated heterocycles. The molecule has 0 aliphatic carbocycles. The van der Waals surface area contributed by atoms with Crippen molar-refractivity contribution in [1.29, 1.82) is 0 Å². The maximum absolute atomic E-state index is 13.7. The SMILES string of the molecule is [B]C([B])([B])N1C(=O)c2cccc(OC(F)F)c2[C@H]2C[C@@H]1c1nc3ccc(-c4ccc(C(C)(C)O)nc4)cc3n12. The highest BCUT2D eigenvalue weighted by Crippen LogP contribution is 2.51. The fourth-order valence-corrected chi connectivity index (χ4v) is 5.66. The molecule has 0 saturated carbocycles. The van der Waals surface area contributed by atoms with Crippen LogP contribution in [0.2, 0.25) is 0 Å². The molecule has 2 atom stereocenters. The first-order chi connectivity index (χ1) is 18.3. The molecule has 1 N–H and O–H groups in total. The number of benzene rings is 2. The van der Waals surface area contributed by atoms with Crippen molar-refractivity contribution in [1.82, 2.24) is 19.4 Å². The number of aliphatic hydroxyl groups is 1. The number of carbonyl (C=O) groups is 1. The van der Waals surface area contributed by atoms with Crippen molar-refractivity contribution < 1.29 is 23.4 Å². The van der Waals surface area contributed by atoms with Crippen molar-refractivity contribution in [2.45, 2.75) is 49.8 Å². The molecule has 2 aromatic heterocycles. The van der Waals surface area contributed by atoms with Crippen LogP contribution < -0.4 is 4.74 Å². The molecule has 2 aliphatic heterocycles. The molecule has 2 aromatic carbocycles. The second-order valence-electron chi connectivity index (χ2n) is 10.5. The van der Waals surface area contributed by atoms with Crippen molar-refractivity contribution >= 4 is 40.5 Å². The van der Waals surface area contributed by atoms with Gasteiger partial charge in [-0.3, -0.25) is 9.78 Å². The normalized spacial score (nSPS) is 18.8. The predicted octanol–water partition coefficient (Wildman–Crippen LogP) is 3.53. The number of amides is 1. The Balaban J connectivity index is 1.56. The van der Waals surface area contributed by atoms with Gasteiger partial charge >= 0.3 is 6.61 Å². The summed E-state index contributed by atoms with van der Waals surface area (Å²) in [6.45, 7) is 0.229. The number of pyridine rings is 1. The Morgan fingerprint density at radius 1 is 1.08 bits per heavy atom. The van der Waals surface area contributed by atoms with Crippen LogP contribution in [0.5, 0.6) is 5.75 Å². The lowest BCUT2D eigenvalue weighted by Gasteiger charge is -2.41. The van der Waals surface area contributed by atoms with Gasteiger partial charge in [0, 0.05) is 29.3 Å². The molecule has 4 heterocycles. The van der Waals surface area contributed by atoms with Crippen molar-refractivity contribution in [3.8, 4) is 16.9 Å². The van der Waals surface area contributed by atoms with Crippen LogP contribution in [0.25, 0.3) is 22.2 Å². The number of aromatic nitrogens is 3. The van der Waals surface area contributed by atoms with Crippen molar-refractivity contribution in [3.63, 3.8) is 0 Å². The number of hydrogen-bond acceptors (Lipinski definition) is 5. The molecular weight excluding hydrogens is 499 g/mol. The molecule has 39 heavy (non-hydrogen) atoms. The van der Waals surface area contributed by atoms with E-state index in [9.17, 15) is 18.7 Å². The van der Waals surface area contributed by atoms with E-state index >= 15 is 0 Å². The fourth-order valence-electron chi connectivity index (χ4n) is 5.66. The average Bonchev–Trinajstić information content (AvgIpc) is 3.35. The summed E-state index contributed by atoms with van der Waals surface area (Å²) in [4.78, 5) is 24.0. The quantitative estimate of drug-likeness (QED) is 0.408. The van der Waals surface area contributed by atoms with Crippen LogP contribution in [0.4, 0.5) is 8.78 Å². The van der Waals surface area contributed by atoms with Crippen LogP contribution in [-0.2, 0) is 5.60 Å². The van der Waals surface area contributed by atoms with Gasteiger partial charge in [-0.05, 0) is 49.7 Å². The molecule has 2 bridgehead atoms. The Labute approximate surface area is 227 Å². The van der Waals surface area contributed by atoms with E-state index in [1.165, 1.54) is 18.2 Å². The Morgan fingerprint density at radius 3 is 2.46 bits per heavy atom. The summed E-state index contributed by atoms with van der Waals surface area (Å²) in [6.07, 6.45) is 1.94. The average molecular weight is 520 g/mol. The summed E-state index contributed by atoms with van der Waals surface area (Å²) in [6, 6.07) is 12.4. The third kappa shape index (κ3) is 4.12. The Morgan fingerprint density at radius 2 is 1.82 bits per heavy atom. The Kier molecular flexibility index (Phi) is 5.70.